The number of amides is 2. The number of hydrogen-bond donors (Lipinski definition) is 5. The van der Waals surface area contributed by atoms with Crippen LogP contribution in [0.1, 0.15) is 70.6 Å². The molecule has 0 spiro atoms. The number of rotatable bonds is 24. The highest BCUT2D eigenvalue weighted by molar-refractivity contribution is 5.77. The molecule has 0 saturated heterocycles. The first kappa shape index (κ1) is 30.2. The molecular formula is C22H44N4O6. The van der Waals surface area contributed by atoms with Crippen LogP contribution in [0.2, 0.25) is 0 Å². The Kier molecular flexibility index (Phi) is 22.6. The van der Waals surface area contributed by atoms with Gasteiger partial charge in [0, 0.05) is 32.5 Å². The van der Waals surface area contributed by atoms with Crippen LogP contribution >= 0.6 is 0 Å². The van der Waals surface area contributed by atoms with Gasteiger partial charge in [0.25, 0.3) is 0 Å². The van der Waals surface area contributed by atoms with E-state index >= 15 is 0 Å². The molecule has 0 aromatic heterocycles. The molecule has 10 nitrogen and oxygen atoms in total. The van der Waals surface area contributed by atoms with Crippen LogP contribution in [0.25, 0.3) is 0 Å². The van der Waals surface area contributed by atoms with Gasteiger partial charge < -0.3 is 25.2 Å². The van der Waals surface area contributed by atoms with Crippen molar-refractivity contribution >= 4 is 17.8 Å². The zero-order valence-electron chi connectivity index (χ0n) is 19.7. The number of aliphatic carboxylic acids is 1. The second-order valence-electron chi connectivity index (χ2n) is 7.62. The van der Waals surface area contributed by atoms with Crippen molar-refractivity contribution < 1.29 is 29.0 Å². The van der Waals surface area contributed by atoms with Crippen molar-refractivity contribution in [2.75, 3.05) is 53.1 Å². The predicted octanol–water partition coefficient (Wildman–Crippen LogP) is 1.35. The molecular weight excluding hydrogens is 416 g/mol. The van der Waals surface area contributed by atoms with E-state index in [0.717, 1.165) is 64.3 Å². The average Bonchev–Trinajstić information content (AvgIpc) is 2.76. The van der Waals surface area contributed by atoms with Gasteiger partial charge in [0.2, 0.25) is 11.8 Å². The van der Waals surface area contributed by atoms with E-state index < -0.39 is 5.97 Å². The van der Waals surface area contributed by atoms with Gasteiger partial charge in [-0.15, -0.1) is 0 Å². The maximum Gasteiger partial charge on any atom is 0.303 e. The van der Waals surface area contributed by atoms with Gasteiger partial charge in [0.1, 0.15) is 6.61 Å². The summed E-state index contributed by atoms with van der Waals surface area (Å²) < 4.78 is 10.6. The molecule has 0 aromatic rings. The summed E-state index contributed by atoms with van der Waals surface area (Å²) in [5, 5.41) is 14.2. The summed E-state index contributed by atoms with van der Waals surface area (Å²) in [5.41, 5.74) is 5.73. The molecule has 0 aliphatic rings. The van der Waals surface area contributed by atoms with Crippen molar-refractivity contribution in [3.63, 3.8) is 0 Å². The highest BCUT2D eigenvalue weighted by Crippen LogP contribution is 2.09. The number of nitrogens with one attached hydrogen (secondary N) is 4. The number of ether oxygens (including phenoxy) is 2. The Labute approximate surface area is 192 Å². The van der Waals surface area contributed by atoms with Gasteiger partial charge in [0.15, 0.2) is 0 Å². The van der Waals surface area contributed by atoms with E-state index in [1.54, 1.807) is 7.05 Å². The minimum Gasteiger partial charge on any atom is -0.481 e. The number of hydrazine groups is 1. The van der Waals surface area contributed by atoms with Crippen molar-refractivity contribution in [2.24, 2.45) is 0 Å². The van der Waals surface area contributed by atoms with Crippen molar-refractivity contribution in [1.82, 2.24) is 21.5 Å². The van der Waals surface area contributed by atoms with Gasteiger partial charge in [-0.3, -0.25) is 25.2 Å². The van der Waals surface area contributed by atoms with Crippen LogP contribution in [0.5, 0.6) is 0 Å². The van der Waals surface area contributed by atoms with Crippen LogP contribution in [-0.2, 0) is 23.9 Å². The average molecular weight is 461 g/mol. The quantitative estimate of drug-likeness (QED) is 0.107. The molecule has 0 fully saturated rings. The molecule has 0 aromatic carbocycles. The summed E-state index contributed by atoms with van der Waals surface area (Å²) in [5.74, 6) is -0.830. The second-order valence-corrected chi connectivity index (χ2v) is 7.62. The summed E-state index contributed by atoms with van der Waals surface area (Å²) in [6.45, 7) is 3.01. The molecule has 0 saturated carbocycles. The van der Waals surface area contributed by atoms with Gasteiger partial charge in [0.05, 0.1) is 19.8 Å². The maximum absolute atomic E-state index is 11.7. The third kappa shape index (κ3) is 24.5. The number of carboxylic acid groups (broad SMARTS) is 1. The fraction of sp³-hybridized carbons (Fsp3) is 0.864. The Bertz CT molecular complexity index is 479. The second kappa shape index (κ2) is 23.9. The SMILES string of the molecule is CNNCCCC(=O)NCCOCCOCC(=O)NCCCCCCCCCCC(=O)O. The number of unbranched alkanes of at least 4 members (excludes halogenated alkanes) is 7. The largest absolute Gasteiger partial charge is 0.481 e. The summed E-state index contributed by atoms with van der Waals surface area (Å²) in [6, 6.07) is 0. The van der Waals surface area contributed by atoms with E-state index in [2.05, 4.69) is 21.5 Å². The van der Waals surface area contributed by atoms with E-state index in [1.807, 2.05) is 0 Å². The minimum absolute atomic E-state index is 0.00686. The molecule has 188 valence electrons. The van der Waals surface area contributed by atoms with Crippen molar-refractivity contribution in [2.45, 2.75) is 70.6 Å². The molecule has 5 N–H and O–H groups in total. The lowest BCUT2D eigenvalue weighted by Gasteiger charge is -2.08. The summed E-state index contributed by atoms with van der Waals surface area (Å²) in [4.78, 5) is 33.6. The molecule has 0 rings (SSSR count). The molecule has 32 heavy (non-hydrogen) atoms. The molecule has 2 amide bonds. The van der Waals surface area contributed by atoms with Gasteiger partial charge in [-0.05, 0) is 26.3 Å². The first-order valence-electron chi connectivity index (χ1n) is 11.9. The number of hydrogen-bond acceptors (Lipinski definition) is 7. The van der Waals surface area contributed by atoms with Crippen molar-refractivity contribution in [1.29, 1.82) is 0 Å². The first-order chi connectivity index (χ1) is 15.6. The Balaban J connectivity index is 3.25. The first-order valence-corrected chi connectivity index (χ1v) is 11.9. The van der Waals surface area contributed by atoms with Crippen LogP contribution in [-0.4, -0.2) is 76.0 Å². The van der Waals surface area contributed by atoms with E-state index in [4.69, 9.17) is 14.6 Å². The summed E-state index contributed by atoms with van der Waals surface area (Å²) in [7, 11) is 1.79. The van der Waals surface area contributed by atoms with E-state index in [9.17, 15) is 14.4 Å². The topological polar surface area (TPSA) is 138 Å². The van der Waals surface area contributed by atoms with Gasteiger partial charge in [-0.25, -0.2) is 0 Å². The standard InChI is InChI=1S/C22H44N4O6/c1-23-26-14-10-11-20(27)25-15-16-31-17-18-32-19-21(28)24-13-9-7-5-3-2-4-6-8-12-22(29)30/h23,26H,2-19H2,1H3,(H,24,28)(H,25,27)(H,29,30). The maximum atomic E-state index is 11.7. The van der Waals surface area contributed by atoms with Gasteiger partial charge >= 0.3 is 5.97 Å². The Morgan fingerprint density at radius 2 is 1.28 bits per heavy atom. The smallest absolute Gasteiger partial charge is 0.303 e. The van der Waals surface area contributed by atoms with E-state index in [-0.39, 0.29) is 24.8 Å². The van der Waals surface area contributed by atoms with Crippen LogP contribution < -0.4 is 21.5 Å². The Morgan fingerprint density at radius 1 is 0.656 bits per heavy atom. The lowest BCUT2D eigenvalue weighted by Crippen LogP contribution is -2.31. The molecule has 0 aliphatic carbocycles. The molecule has 0 radical (unpaired) electrons. The highest BCUT2D eigenvalue weighted by atomic mass is 16.5. The molecule has 0 bridgehead atoms. The Hall–Kier alpha value is -1.75. The van der Waals surface area contributed by atoms with Gasteiger partial charge in [-0.1, -0.05) is 38.5 Å². The fourth-order valence-electron chi connectivity index (χ4n) is 2.94. The number of carboxylic acids is 1. The lowest BCUT2D eigenvalue weighted by molar-refractivity contribution is -0.137. The van der Waals surface area contributed by atoms with Crippen molar-refractivity contribution in [3.8, 4) is 0 Å². The molecule has 0 aliphatic heterocycles. The molecule has 0 atom stereocenters. The third-order valence-electron chi connectivity index (χ3n) is 4.70. The zero-order chi connectivity index (χ0) is 23.7. The summed E-state index contributed by atoms with van der Waals surface area (Å²) >= 11 is 0. The molecule has 10 heteroatoms. The van der Waals surface area contributed by atoms with Crippen LogP contribution in [0.4, 0.5) is 0 Å². The van der Waals surface area contributed by atoms with E-state index in [1.165, 1.54) is 0 Å². The Morgan fingerprint density at radius 3 is 1.97 bits per heavy atom. The monoisotopic (exact) mass is 460 g/mol. The zero-order valence-corrected chi connectivity index (χ0v) is 19.7. The van der Waals surface area contributed by atoms with Crippen LogP contribution in [0.15, 0.2) is 0 Å². The minimum atomic E-state index is -0.715. The van der Waals surface area contributed by atoms with Crippen LogP contribution in [0, 0.1) is 0 Å². The fourth-order valence-corrected chi connectivity index (χ4v) is 2.94. The lowest BCUT2D eigenvalue weighted by atomic mass is 10.1. The highest BCUT2D eigenvalue weighted by Gasteiger charge is 2.02. The van der Waals surface area contributed by atoms with E-state index in [0.29, 0.717) is 39.3 Å². The number of carbonyl (C=O) groups is 3. The van der Waals surface area contributed by atoms with Gasteiger partial charge in [-0.2, -0.15) is 0 Å². The van der Waals surface area contributed by atoms with Crippen LogP contribution in [0.3, 0.4) is 0 Å². The molecule has 0 unspecified atom stereocenters. The number of carbonyl (C=O) groups excluding carboxylic acids is 2. The van der Waals surface area contributed by atoms with Crippen molar-refractivity contribution in [3.05, 3.63) is 0 Å². The predicted molar refractivity (Wildman–Crippen MR) is 123 cm³/mol. The summed E-state index contributed by atoms with van der Waals surface area (Å²) in [6.07, 6.45) is 9.81. The third-order valence-corrected chi connectivity index (χ3v) is 4.70. The molecule has 0 heterocycles. The normalized spacial score (nSPS) is 10.8.